The third-order valence-corrected chi connectivity index (χ3v) is 2.81. The highest BCUT2D eigenvalue weighted by atomic mass is 16.5. The molecular formula is C11H20O3. The highest BCUT2D eigenvalue weighted by Gasteiger charge is 2.31. The molecule has 82 valence electrons. The van der Waals surface area contributed by atoms with Gasteiger partial charge in [-0.3, -0.25) is 4.79 Å². The summed E-state index contributed by atoms with van der Waals surface area (Å²) in [5, 5.41) is 10.1. The Hall–Kier alpha value is -0.570. The lowest BCUT2D eigenvalue weighted by molar-refractivity contribution is -0.149. The number of rotatable bonds is 3. The second kappa shape index (κ2) is 5.35. The fourth-order valence-electron chi connectivity index (χ4n) is 2.04. The van der Waals surface area contributed by atoms with E-state index in [0.29, 0.717) is 6.61 Å². The van der Waals surface area contributed by atoms with Crippen LogP contribution in [0.2, 0.25) is 0 Å². The van der Waals surface area contributed by atoms with E-state index in [2.05, 4.69) is 0 Å². The molecule has 0 aromatic heterocycles. The Morgan fingerprint density at radius 2 is 1.86 bits per heavy atom. The fraction of sp³-hybridized carbons (Fsp3) is 0.909. The summed E-state index contributed by atoms with van der Waals surface area (Å²) in [5.74, 6) is -0.267. The van der Waals surface area contributed by atoms with Gasteiger partial charge in [-0.05, 0) is 19.8 Å². The second-order valence-electron chi connectivity index (χ2n) is 4.12. The van der Waals surface area contributed by atoms with Gasteiger partial charge in [-0.15, -0.1) is 0 Å². The molecule has 0 amide bonds. The van der Waals surface area contributed by atoms with Crippen molar-refractivity contribution in [1.82, 2.24) is 0 Å². The molecule has 0 aliphatic heterocycles. The van der Waals surface area contributed by atoms with Crippen LogP contribution >= 0.6 is 0 Å². The molecule has 0 aromatic carbocycles. The van der Waals surface area contributed by atoms with Crippen LogP contribution in [-0.2, 0) is 9.53 Å². The third kappa shape index (κ3) is 3.66. The topological polar surface area (TPSA) is 46.5 Å². The van der Waals surface area contributed by atoms with Crippen LogP contribution in [0.4, 0.5) is 0 Å². The minimum absolute atomic E-state index is 0.167. The monoisotopic (exact) mass is 200 g/mol. The Labute approximate surface area is 85.5 Å². The lowest BCUT2D eigenvalue weighted by Gasteiger charge is -2.25. The minimum atomic E-state index is -0.789. The summed E-state index contributed by atoms with van der Waals surface area (Å²) in [4.78, 5) is 11.2. The van der Waals surface area contributed by atoms with Crippen molar-refractivity contribution in [3.8, 4) is 0 Å². The zero-order valence-corrected chi connectivity index (χ0v) is 8.92. The first kappa shape index (κ1) is 11.5. The van der Waals surface area contributed by atoms with E-state index in [1.54, 1.807) is 6.92 Å². The van der Waals surface area contributed by atoms with Gasteiger partial charge >= 0.3 is 5.97 Å². The molecule has 1 aliphatic rings. The first-order valence-electron chi connectivity index (χ1n) is 5.54. The van der Waals surface area contributed by atoms with Crippen LogP contribution in [0.1, 0.15) is 51.9 Å². The van der Waals surface area contributed by atoms with Gasteiger partial charge < -0.3 is 9.84 Å². The first-order chi connectivity index (χ1) is 6.66. The van der Waals surface area contributed by atoms with E-state index in [4.69, 9.17) is 4.74 Å². The van der Waals surface area contributed by atoms with Crippen molar-refractivity contribution in [2.75, 3.05) is 6.61 Å². The van der Waals surface area contributed by atoms with Gasteiger partial charge in [0, 0.05) is 0 Å². The Morgan fingerprint density at radius 3 is 2.36 bits per heavy atom. The maximum absolute atomic E-state index is 11.2. The molecule has 0 unspecified atom stereocenters. The van der Waals surface area contributed by atoms with Gasteiger partial charge in [0.15, 0.2) is 0 Å². The van der Waals surface area contributed by atoms with E-state index < -0.39 is 5.60 Å². The van der Waals surface area contributed by atoms with Gasteiger partial charge in [0.05, 0.1) is 18.6 Å². The van der Waals surface area contributed by atoms with Gasteiger partial charge in [-0.2, -0.15) is 0 Å². The molecule has 0 atom stereocenters. The van der Waals surface area contributed by atoms with Gasteiger partial charge in [-0.25, -0.2) is 0 Å². The predicted molar refractivity (Wildman–Crippen MR) is 53.9 cm³/mol. The lowest BCUT2D eigenvalue weighted by Crippen LogP contribution is -2.31. The summed E-state index contributed by atoms with van der Waals surface area (Å²) in [5.41, 5.74) is -0.789. The van der Waals surface area contributed by atoms with Crippen LogP contribution in [0.15, 0.2) is 0 Å². The molecule has 0 aromatic rings. The van der Waals surface area contributed by atoms with Crippen molar-refractivity contribution in [2.45, 2.75) is 57.5 Å². The quantitative estimate of drug-likeness (QED) is 0.560. The Bertz CT molecular complexity index is 181. The van der Waals surface area contributed by atoms with Gasteiger partial charge in [0.25, 0.3) is 0 Å². The van der Waals surface area contributed by atoms with E-state index in [9.17, 15) is 9.90 Å². The first-order valence-corrected chi connectivity index (χ1v) is 5.54. The molecule has 1 saturated carbocycles. The summed E-state index contributed by atoms with van der Waals surface area (Å²) < 4.78 is 4.85. The molecule has 3 nitrogen and oxygen atoms in total. The summed E-state index contributed by atoms with van der Waals surface area (Å²) >= 11 is 0. The number of carbonyl (C=O) groups is 1. The highest BCUT2D eigenvalue weighted by Crippen LogP contribution is 2.29. The molecule has 0 saturated heterocycles. The molecule has 0 heterocycles. The SMILES string of the molecule is CCOC(=O)CC1(O)CCCCCC1. The Kier molecular flexibility index (Phi) is 4.39. The van der Waals surface area contributed by atoms with Gasteiger partial charge in [0.1, 0.15) is 0 Å². The fourth-order valence-corrected chi connectivity index (χ4v) is 2.04. The third-order valence-electron chi connectivity index (χ3n) is 2.81. The molecule has 0 radical (unpaired) electrons. The predicted octanol–water partition coefficient (Wildman–Crippen LogP) is 2.02. The standard InChI is InChI=1S/C11H20O3/c1-2-14-10(12)9-11(13)7-5-3-4-6-8-11/h13H,2-9H2,1H3. The van der Waals surface area contributed by atoms with Crippen molar-refractivity contribution < 1.29 is 14.6 Å². The summed E-state index contributed by atoms with van der Waals surface area (Å²) in [6.07, 6.45) is 6.04. The molecule has 0 bridgehead atoms. The molecule has 14 heavy (non-hydrogen) atoms. The molecule has 1 aliphatic carbocycles. The average Bonchev–Trinajstić information content (AvgIpc) is 2.30. The smallest absolute Gasteiger partial charge is 0.308 e. The van der Waals surface area contributed by atoms with Crippen molar-refractivity contribution in [3.05, 3.63) is 0 Å². The van der Waals surface area contributed by atoms with E-state index in [-0.39, 0.29) is 12.4 Å². The summed E-state index contributed by atoms with van der Waals surface area (Å²) in [6, 6.07) is 0. The van der Waals surface area contributed by atoms with Crippen LogP contribution < -0.4 is 0 Å². The van der Waals surface area contributed by atoms with Crippen molar-refractivity contribution in [1.29, 1.82) is 0 Å². The number of carbonyl (C=O) groups excluding carboxylic acids is 1. The number of esters is 1. The number of ether oxygens (including phenoxy) is 1. The molecule has 1 rings (SSSR count). The zero-order chi connectivity index (χ0) is 10.4. The molecular weight excluding hydrogens is 180 g/mol. The molecule has 0 spiro atoms. The largest absolute Gasteiger partial charge is 0.466 e. The maximum atomic E-state index is 11.2. The summed E-state index contributed by atoms with van der Waals surface area (Å²) in [6.45, 7) is 2.18. The lowest BCUT2D eigenvalue weighted by atomic mass is 9.91. The Morgan fingerprint density at radius 1 is 1.29 bits per heavy atom. The van der Waals surface area contributed by atoms with Crippen molar-refractivity contribution in [2.24, 2.45) is 0 Å². The van der Waals surface area contributed by atoms with E-state index >= 15 is 0 Å². The van der Waals surface area contributed by atoms with E-state index in [1.165, 1.54) is 12.8 Å². The van der Waals surface area contributed by atoms with Gasteiger partial charge in [0.2, 0.25) is 0 Å². The average molecular weight is 200 g/mol. The highest BCUT2D eigenvalue weighted by molar-refractivity contribution is 5.70. The zero-order valence-electron chi connectivity index (χ0n) is 8.92. The molecule has 1 fully saturated rings. The van der Waals surface area contributed by atoms with Crippen LogP contribution in [0.5, 0.6) is 0 Å². The van der Waals surface area contributed by atoms with Gasteiger partial charge in [-0.1, -0.05) is 25.7 Å². The molecule has 3 heteroatoms. The molecule has 1 N–H and O–H groups in total. The second-order valence-corrected chi connectivity index (χ2v) is 4.12. The van der Waals surface area contributed by atoms with Crippen LogP contribution in [0.25, 0.3) is 0 Å². The number of hydrogen-bond donors (Lipinski definition) is 1. The van der Waals surface area contributed by atoms with Crippen molar-refractivity contribution in [3.63, 3.8) is 0 Å². The van der Waals surface area contributed by atoms with E-state index in [0.717, 1.165) is 25.7 Å². The Balaban J connectivity index is 2.41. The maximum Gasteiger partial charge on any atom is 0.308 e. The normalized spacial score (nSPS) is 21.3. The minimum Gasteiger partial charge on any atom is -0.466 e. The van der Waals surface area contributed by atoms with E-state index in [1.807, 2.05) is 0 Å². The van der Waals surface area contributed by atoms with Crippen LogP contribution in [0.3, 0.4) is 0 Å². The summed E-state index contributed by atoms with van der Waals surface area (Å²) in [7, 11) is 0. The van der Waals surface area contributed by atoms with Crippen LogP contribution in [-0.4, -0.2) is 23.3 Å². The van der Waals surface area contributed by atoms with Crippen molar-refractivity contribution >= 4 is 5.97 Å². The van der Waals surface area contributed by atoms with Crippen LogP contribution in [0, 0.1) is 0 Å². The number of hydrogen-bond acceptors (Lipinski definition) is 3. The number of aliphatic hydroxyl groups is 1.